The molecule has 7 heteroatoms. The van der Waals surface area contributed by atoms with E-state index in [9.17, 15) is 5.26 Å². The van der Waals surface area contributed by atoms with Crippen molar-refractivity contribution in [3.63, 3.8) is 0 Å². The van der Waals surface area contributed by atoms with Crippen molar-refractivity contribution < 1.29 is 14.2 Å². The van der Waals surface area contributed by atoms with Crippen LogP contribution in [0.5, 0.6) is 17.2 Å². The van der Waals surface area contributed by atoms with Crippen LogP contribution in [0.2, 0.25) is 0 Å². The molecule has 6 nitrogen and oxygen atoms in total. The van der Waals surface area contributed by atoms with Crippen LogP contribution in [0.3, 0.4) is 0 Å². The van der Waals surface area contributed by atoms with Gasteiger partial charge in [-0.05, 0) is 23.8 Å². The molecule has 2 aromatic carbocycles. The maximum absolute atomic E-state index is 9.79. The number of hydrogen-bond donors (Lipinski definition) is 2. The van der Waals surface area contributed by atoms with Gasteiger partial charge in [0.25, 0.3) is 0 Å². The number of fused-ring (bicyclic) bond motifs is 1. The Hall–Kier alpha value is -3.11. The van der Waals surface area contributed by atoms with Gasteiger partial charge >= 0.3 is 0 Å². The van der Waals surface area contributed by atoms with Crippen molar-refractivity contribution in [3.05, 3.63) is 63.5 Å². The Morgan fingerprint density at radius 1 is 1.25 bits per heavy atom. The van der Waals surface area contributed by atoms with Crippen molar-refractivity contribution in [1.29, 1.82) is 5.26 Å². The summed E-state index contributed by atoms with van der Waals surface area (Å²) in [6.07, 6.45) is 1.70. The van der Waals surface area contributed by atoms with Crippen molar-refractivity contribution in [2.75, 3.05) is 26.6 Å². The largest absolute Gasteiger partial charge is 0.493 e. The van der Waals surface area contributed by atoms with Crippen LogP contribution in [-0.2, 0) is 0 Å². The van der Waals surface area contributed by atoms with E-state index >= 15 is 0 Å². The number of nitrogens with one attached hydrogen (secondary N) is 1. The number of nitriles is 1. The number of hydrogen-bond acceptors (Lipinski definition) is 6. The van der Waals surface area contributed by atoms with E-state index in [1.807, 2.05) is 31.3 Å². The molecule has 3 N–H and O–H groups in total. The van der Waals surface area contributed by atoms with Gasteiger partial charge in [-0.2, -0.15) is 5.26 Å². The van der Waals surface area contributed by atoms with Gasteiger partial charge in [0.15, 0.2) is 11.5 Å². The number of nitrogens with two attached hydrogens (primary N) is 1. The molecule has 1 aliphatic heterocycles. The topological polar surface area (TPSA) is 89.5 Å². The molecule has 0 fully saturated rings. The van der Waals surface area contributed by atoms with E-state index < -0.39 is 5.92 Å². The summed E-state index contributed by atoms with van der Waals surface area (Å²) >= 11 is 3.60. The summed E-state index contributed by atoms with van der Waals surface area (Å²) < 4.78 is 17.4. The zero-order valence-electron chi connectivity index (χ0n) is 15.8. The highest BCUT2D eigenvalue weighted by Crippen LogP contribution is 2.49. The number of halogens is 1. The highest BCUT2D eigenvalue weighted by molar-refractivity contribution is 9.10. The maximum atomic E-state index is 9.79. The van der Waals surface area contributed by atoms with Gasteiger partial charge in [0.05, 0.1) is 20.1 Å². The van der Waals surface area contributed by atoms with Crippen molar-refractivity contribution in [1.82, 2.24) is 0 Å². The summed E-state index contributed by atoms with van der Waals surface area (Å²) in [5.41, 5.74) is 9.72. The highest BCUT2D eigenvalue weighted by Gasteiger charge is 2.34. The van der Waals surface area contributed by atoms with Crippen LogP contribution in [0, 0.1) is 11.3 Å². The monoisotopic (exact) mass is 441 g/mol. The van der Waals surface area contributed by atoms with Gasteiger partial charge in [-0.15, -0.1) is 0 Å². The van der Waals surface area contributed by atoms with Crippen LogP contribution >= 0.6 is 15.9 Å². The molecule has 0 amide bonds. The Bertz CT molecular complexity index is 1020. The Balaban J connectivity index is 2.33. The summed E-state index contributed by atoms with van der Waals surface area (Å²) in [5.74, 6) is 1.34. The summed E-state index contributed by atoms with van der Waals surface area (Å²) in [4.78, 5) is 0. The third kappa shape index (κ3) is 3.06. The molecule has 0 saturated carbocycles. The minimum atomic E-state index is -0.437. The molecule has 0 aliphatic carbocycles. The zero-order chi connectivity index (χ0) is 20.4. The summed E-state index contributed by atoms with van der Waals surface area (Å²) in [6.45, 7) is 3.89. The van der Waals surface area contributed by atoms with E-state index in [0.717, 1.165) is 26.9 Å². The second-order valence-corrected chi connectivity index (χ2v) is 6.91. The van der Waals surface area contributed by atoms with Gasteiger partial charge in [0.2, 0.25) is 5.88 Å². The third-order valence-corrected chi connectivity index (χ3v) is 5.40. The predicted molar refractivity (Wildman–Crippen MR) is 113 cm³/mol. The summed E-state index contributed by atoms with van der Waals surface area (Å²) in [6, 6.07) is 9.70. The molecule has 0 aromatic heterocycles. The second-order valence-electron chi connectivity index (χ2n) is 6.05. The molecule has 28 heavy (non-hydrogen) atoms. The molecular formula is C21H20BrN3O3. The Kier molecular flexibility index (Phi) is 5.52. The number of methoxy groups -OCH3 is 2. The van der Waals surface area contributed by atoms with Gasteiger partial charge < -0.3 is 25.3 Å². The molecule has 1 atom stereocenters. The third-order valence-electron chi connectivity index (χ3n) is 4.71. The number of rotatable bonds is 5. The lowest BCUT2D eigenvalue weighted by molar-refractivity contribution is 0.354. The van der Waals surface area contributed by atoms with Crippen LogP contribution in [0.15, 0.2) is 46.8 Å². The van der Waals surface area contributed by atoms with E-state index in [2.05, 4.69) is 33.9 Å². The van der Waals surface area contributed by atoms with Gasteiger partial charge in [-0.1, -0.05) is 34.7 Å². The lowest BCUT2D eigenvalue weighted by Gasteiger charge is -2.29. The molecule has 2 aromatic rings. The minimum Gasteiger partial charge on any atom is -0.493 e. The van der Waals surface area contributed by atoms with Gasteiger partial charge in [-0.25, -0.2) is 0 Å². The van der Waals surface area contributed by atoms with Crippen LogP contribution < -0.4 is 25.3 Å². The maximum Gasteiger partial charge on any atom is 0.205 e. The Morgan fingerprint density at radius 3 is 2.50 bits per heavy atom. The Labute approximate surface area is 172 Å². The first kappa shape index (κ1) is 19.6. The smallest absolute Gasteiger partial charge is 0.205 e. The molecule has 0 radical (unpaired) electrons. The van der Waals surface area contributed by atoms with E-state index in [0.29, 0.717) is 22.8 Å². The molecule has 1 aliphatic rings. The van der Waals surface area contributed by atoms with Crippen LogP contribution in [0.1, 0.15) is 22.6 Å². The number of ether oxygens (including phenoxy) is 3. The normalized spacial score (nSPS) is 15.2. The van der Waals surface area contributed by atoms with Crippen LogP contribution in [0.25, 0.3) is 6.08 Å². The molecule has 0 bridgehead atoms. The van der Waals surface area contributed by atoms with Gasteiger partial charge in [0, 0.05) is 28.3 Å². The minimum absolute atomic E-state index is 0.0676. The number of allylic oxidation sites excluding steroid dienone is 1. The fourth-order valence-corrected chi connectivity index (χ4v) is 3.93. The quantitative estimate of drug-likeness (QED) is 0.715. The van der Waals surface area contributed by atoms with E-state index in [4.69, 9.17) is 19.9 Å². The summed E-state index contributed by atoms with van der Waals surface area (Å²) in [5, 5.41) is 12.9. The fraction of sp³-hybridized carbons (Fsp3) is 0.190. The molecule has 144 valence electrons. The number of nitrogens with zero attached hydrogens (tertiary/aromatic N) is 1. The zero-order valence-corrected chi connectivity index (χ0v) is 17.4. The number of anilines is 1. The Morgan fingerprint density at radius 2 is 1.93 bits per heavy atom. The number of benzene rings is 2. The van der Waals surface area contributed by atoms with Crippen molar-refractivity contribution in [3.8, 4) is 23.3 Å². The lowest BCUT2D eigenvalue weighted by atomic mass is 9.82. The predicted octanol–water partition coefficient (Wildman–Crippen LogP) is 4.37. The average Bonchev–Trinajstić information content (AvgIpc) is 2.71. The van der Waals surface area contributed by atoms with E-state index in [1.165, 1.54) is 0 Å². The van der Waals surface area contributed by atoms with Crippen molar-refractivity contribution in [2.24, 2.45) is 5.73 Å². The van der Waals surface area contributed by atoms with Gasteiger partial charge in [-0.3, -0.25) is 0 Å². The molecule has 3 rings (SSSR count). The van der Waals surface area contributed by atoms with E-state index in [1.54, 1.807) is 20.3 Å². The van der Waals surface area contributed by atoms with Crippen molar-refractivity contribution >= 4 is 27.7 Å². The molecule has 0 spiro atoms. The second kappa shape index (κ2) is 7.87. The van der Waals surface area contributed by atoms with Gasteiger partial charge in [0.1, 0.15) is 17.4 Å². The van der Waals surface area contributed by atoms with E-state index in [-0.39, 0.29) is 5.88 Å². The standard InChI is InChI=1S/C21H20BrN3O3/c1-5-11-16(25-2)7-6-12-19(14(10-23)21(24)28-20(11)12)13-8-17(26-3)18(27-4)9-15(13)22/h5-9,19,25H,1,24H2,2-4H3. The lowest BCUT2D eigenvalue weighted by Crippen LogP contribution is -2.22. The highest BCUT2D eigenvalue weighted by atomic mass is 79.9. The first-order valence-corrected chi connectivity index (χ1v) is 9.26. The van der Waals surface area contributed by atoms with Crippen LogP contribution in [0.4, 0.5) is 5.69 Å². The molecule has 1 unspecified atom stereocenters. The average molecular weight is 442 g/mol. The molecule has 1 heterocycles. The summed E-state index contributed by atoms with van der Waals surface area (Å²) in [7, 11) is 4.96. The first-order chi connectivity index (χ1) is 13.5. The molecular weight excluding hydrogens is 422 g/mol. The first-order valence-electron chi connectivity index (χ1n) is 8.46. The van der Waals surface area contributed by atoms with Crippen molar-refractivity contribution in [2.45, 2.75) is 5.92 Å². The SMILES string of the molecule is C=Cc1c(NC)ccc2c1OC(N)=C(C#N)C2c1cc(OC)c(OC)cc1Br. The fourth-order valence-electron chi connectivity index (χ4n) is 3.37. The van der Waals surface area contributed by atoms with Crippen LogP contribution in [-0.4, -0.2) is 21.3 Å². The molecule has 0 saturated heterocycles.